The molecule has 0 aliphatic rings. The molecule has 0 heterocycles. The fraction of sp³-hybridized carbons (Fsp3) is 0.381. The van der Waals surface area contributed by atoms with Crippen LogP contribution in [0.3, 0.4) is 0 Å². The average Bonchev–Trinajstić information content (AvgIpc) is 2.75. The molecule has 0 aliphatic heterocycles. The number of nitrogens with one attached hydrogen (secondary N) is 1. The SMILES string of the molecule is COc1cc(NC(=O)CCN(C)C(C)c2ccc(S(N)(=O)=O)cc2)cc(OC)c1OC. The third kappa shape index (κ3) is 6.33. The van der Waals surface area contributed by atoms with Crippen LogP contribution in [-0.4, -0.2) is 54.1 Å². The van der Waals surface area contributed by atoms with Crippen LogP contribution >= 0.6 is 0 Å². The number of nitrogens with zero attached hydrogens (tertiary/aromatic N) is 1. The molecular weight excluding hydrogens is 422 g/mol. The summed E-state index contributed by atoms with van der Waals surface area (Å²) < 4.78 is 38.7. The van der Waals surface area contributed by atoms with Gasteiger partial charge in [-0.05, 0) is 31.7 Å². The Labute approximate surface area is 183 Å². The lowest BCUT2D eigenvalue weighted by molar-refractivity contribution is -0.116. The largest absolute Gasteiger partial charge is 0.493 e. The first-order chi connectivity index (χ1) is 14.6. The van der Waals surface area contributed by atoms with E-state index in [9.17, 15) is 13.2 Å². The van der Waals surface area contributed by atoms with E-state index in [1.807, 2.05) is 18.9 Å². The number of anilines is 1. The molecule has 2 rings (SSSR count). The molecule has 0 saturated carbocycles. The summed E-state index contributed by atoms with van der Waals surface area (Å²) in [6.07, 6.45) is 0.257. The van der Waals surface area contributed by atoms with Crippen molar-refractivity contribution in [3.05, 3.63) is 42.0 Å². The van der Waals surface area contributed by atoms with Crippen molar-refractivity contribution in [1.29, 1.82) is 0 Å². The first-order valence-corrected chi connectivity index (χ1v) is 11.1. The molecule has 0 radical (unpaired) electrons. The van der Waals surface area contributed by atoms with Gasteiger partial charge in [0.25, 0.3) is 0 Å². The standard InChI is InChI=1S/C21H29N3O6S/c1-14(15-6-8-17(9-7-15)31(22,26)27)24(2)11-10-20(25)23-16-12-18(28-3)21(30-5)19(13-16)29-4/h6-9,12-14H,10-11H2,1-5H3,(H,23,25)(H2,22,26,27). The van der Waals surface area contributed by atoms with Crippen LogP contribution in [0.4, 0.5) is 5.69 Å². The van der Waals surface area contributed by atoms with E-state index < -0.39 is 10.0 Å². The van der Waals surface area contributed by atoms with E-state index in [0.29, 0.717) is 29.5 Å². The molecule has 2 aromatic rings. The molecule has 31 heavy (non-hydrogen) atoms. The Hall–Kier alpha value is -2.82. The molecule has 2 aromatic carbocycles. The van der Waals surface area contributed by atoms with Gasteiger partial charge in [0.2, 0.25) is 21.7 Å². The van der Waals surface area contributed by atoms with Crippen LogP contribution in [0.15, 0.2) is 41.3 Å². The summed E-state index contributed by atoms with van der Waals surface area (Å²) in [4.78, 5) is 14.5. The highest BCUT2D eigenvalue weighted by Crippen LogP contribution is 2.39. The number of benzene rings is 2. The van der Waals surface area contributed by atoms with Gasteiger partial charge < -0.3 is 19.5 Å². The molecule has 0 saturated heterocycles. The predicted molar refractivity (Wildman–Crippen MR) is 118 cm³/mol. The smallest absolute Gasteiger partial charge is 0.238 e. The minimum atomic E-state index is -3.72. The Balaban J connectivity index is 1.99. The topological polar surface area (TPSA) is 120 Å². The second kappa shape index (κ2) is 10.5. The first kappa shape index (κ1) is 24.4. The summed E-state index contributed by atoms with van der Waals surface area (Å²) in [5.41, 5.74) is 1.45. The Morgan fingerprint density at radius 3 is 2.06 bits per heavy atom. The molecule has 1 unspecified atom stereocenters. The van der Waals surface area contributed by atoms with Crippen molar-refractivity contribution in [3.8, 4) is 17.2 Å². The fourth-order valence-electron chi connectivity index (χ4n) is 3.04. The van der Waals surface area contributed by atoms with Gasteiger partial charge in [-0.2, -0.15) is 0 Å². The third-order valence-corrected chi connectivity index (χ3v) is 5.92. The second-order valence-electron chi connectivity index (χ2n) is 6.98. The maximum atomic E-state index is 12.5. The summed E-state index contributed by atoms with van der Waals surface area (Å²) in [5.74, 6) is 1.18. The van der Waals surface area contributed by atoms with Gasteiger partial charge in [-0.15, -0.1) is 0 Å². The van der Waals surface area contributed by atoms with Crippen molar-refractivity contribution < 1.29 is 27.4 Å². The van der Waals surface area contributed by atoms with Crippen molar-refractivity contribution >= 4 is 21.6 Å². The van der Waals surface area contributed by atoms with Gasteiger partial charge in [-0.1, -0.05) is 12.1 Å². The van der Waals surface area contributed by atoms with Crippen LogP contribution in [0, 0.1) is 0 Å². The lowest BCUT2D eigenvalue weighted by atomic mass is 10.1. The highest BCUT2D eigenvalue weighted by molar-refractivity contribution is 7.89. The van der Waals surface area contributed by atoms with E-state index in [0.717, 1.165) is 5.56 Å². The number of amides is 1. The monoisotopic (exact) mass is 451 g/mol. The van der Waals surface area contributed by atoms with Crippen LogP contribution in [0.2, 0.25) is 0 Å². The summed E-state index contributed by atoms with van der Waals surface area (Å²) >= 11 is 0. The molecule has 0 bridgehead atoms. The summed E-state index contributed by atoms with van der Waals surface area (Å²) in [6.45, 7) is 2.47. The minimum absolute atomic E-state index is 0.0245. The van der Waals surface area contributed by atoms with Crippen LogP contribution in [0.25, 0.3) is 0 Å². The zero-order valence-corrected chi connectivity index (χ0v) is 19.2. The second-order valence-corrected chi connectivity index (χ2v) is 8.54. The average molecular weight is 452 g/mol. The first-order valence-electron chi connectivity index (χ1n) is 9.53. The highest BCUT2D eigenvalue weighted by atomic mass is 32.2. The van der Waals surface area contributed by atoms with Crippen LogP contribution in [0.1, 0.15) is 24.9 Å². The number of rotatable bonds is 10. The lowest BCUT2D eigenvalue weighted by Crippen LogP contribution is -2.27. The summed E-state index contributed by atoms with van der Waals surface area (Å²) in [6, 6.07) is 9.70. The van der Waals surface area contributed by atoms with Gasteiger partial charge in [0.05, 0.1) is 26.2 Å². The number of ether oxygens (including phenoxy) is 3. The molecule has 1 amide bonds. The van der Waals surface area contributed by atoms with Crippen molar-refractivity contribution in [3.63, 3.8) is 0 Å². The van der Waals surface area contributed by atoms with E-state index >= 15 is 0 Å². The van der Waals surface area contributed by atoms with Crippen molar-refractivity contribution in [2.24, 2.45) is 5.14 Å². The zero-order valence-electron chi connectivity index (χ0n) is 18.3. The van der Waals surface area contributed by atoms with Crippen molar-refractivity contribution in [1.82, 2.24) is 4.90 Å². The zero-order chi connectivity index (χ0) is 23.2. The number of hydrogen-bond acceptors (Lipinski definition) is 7. The minimum Gasteiger partial charge on any atom is -0.493 e. The van der Waals surface area contributed by atoms with E-state index in [-0.39, 0.29) is 23.3 Å². The molecule has 170 valence electrons. The van der Waals surface area contributed by atoms with Crippen LogP contribution in [0.5, 0.6) is 17.2 Å². The molecule has 0 aromatic heterocycles. The molecule has 3 N–H and O–H groups in total. The molecular formula is C21H29N3O6S. The van der Waals surface area contributed by atoms with Gasteiger partial charge >= 0.3 is 0 Å². The molecule has 0 spiro atoms. The third-order valence-electron chi connectivity index (χ3n) is 4.99. The van der Waals surface area contributed by atoms with Crippen LogP contribution < -0.4 is 24.7 Å². The quantitative estimate of drug-likeness (QED) is 0.569. The van der Waals surface area contributed by atoms with Gasteiger partial charge in [0, 0.05) is 36.8 Å². The Bertz CT molecular complexity index is 983. The predicted octanol–water partition coefficient (Wildman–Crippen LogP) is 2.38. The number of sulfonamides is 1. The van der Waals surface area contributed by atoms with Gasteiger partial charge in [-0.25, -0.2) is 13.6 Å². The van der Waals surface area contributed by atoms with Crippen LogP contribution in [-0.2, 0) is 14.8 Å². The molecule has 0 aliphatic carbocycles. The number of primary sulfonamides is 1. The van der Waals surface area contributed by atoms with Crippen molar-refractivity contribution in [2.45, 2.75) is 24.3 Å². The Morgan fingerprint density at radius 2 is 1.61 bits per heavy atom. The Kier molecular flexibility index (Phi) is 8.26. The lowest BCUT2D eigenvalue weighted by Gasteiger charge is -2.25. The van der Waals surface area contributed by atoms with Gasteiger partial charge in [-0.3, -0.25) is 9.69 Å². The highest BCUT2D eigenvalue weighted by Gasteiger charge is 2.17. The number of carbonyl (C=O) groups excluding carboxylic acids is 1. The van der Waals surface area contributed by atoms with E-state index in [1.165, 1.54) is 33.5 Å². The molecule has 10 heteroatoms. The molecule has 0 fully saturated rings. The summed E-state index contributed by atoms with van der Waals surface area (Å²) in [5, 5.41) is 7.97. The van der Waals surface area contributed by atoms with Gasteiger partial charge in [0.15, 0.2) is 11.5 Å². The van der Waals surface area contributed by atoms with E-state index in [4.69, 9.17) is 19.3 Å². The fourth-order valence-corrected chi connectivity index (χ4v) is 3.55. The summed E-state index contributed by atoms with van der Waals surface area (Å²) in [7, 11) is 2.70. The van der Waals surface area contributed by atoms with Gasteiger partial charge in [0.1, 0.15) is 0 Å². The normalized spacial score (nSPS) is 12.4. The molecule has 1 atom stereocenters. The number of nitrogens with two attached hydrogens (primary N) is 1. The number of hydrogen-bond donors (Lipinski definition) is 2. The van der Waals surface area contributed by atoms with Crippen molar-refractivity contribution in [2.75, 3.05) is 40.2 Å². The van der Waals surface area contributed by atoms with E-state index in [1.54, 1.807) is 24.3 Å². The Morgan fingerprint density at radius 1 is 1.06 bits per heavy atom. The number of methoxy groups -OCH3 is 3. The maximum absolute atomic E-state index is 12.5. The number of carbonyl (C=O) groups is 1. The molecule has 9 nitrogen and oxygen atoms in total. The maximum Gasteiger partial charge on any atom is 0.238 e. The van der Waals surface area contributed by atoms with E-state index in [2.05, 4.69) is 5.32 Å².